The minimum atomic E-state index is -3.63. The number of hydrogen-bond donors (Lipinski definition) is 2. The van der Waals surface area contributed by atoms with Gasteiger partial charge in [-0.3, -0.25) is 4.79 Å². The number of carbonyl (C=O) groups is 1. The zero-order valence-electron chi connectivity index (χ0n) is 16.2. The zero-order valence-corrected chi connectivity index (χ0v) is 17.0. The second-order valence-corrected chi connectivity index (χ2v) is 9.76. The Morgan fingerprint density at radius 2 is 2.07 bits per heavy atom. The van der Waals surface area contributed by atoms with E-state index in [0.29, 0.717) is 11.7 Å². The van der Waals surface area contributed by atoms with Gasteiger partial charge >= 0.3 is 0 Å². The molecule has 27 heavy (non-hydrogen) atoms. The van der Waals surface area contributed by atoms with Crippen molar-refractivity contribution in [3.63, 3.8) is 0 Å². The van der Waals surface area contributed by atoms with E-state index in [1.165, 1.54) is 52.2 Å². The number of carbonyl (C=O) groups excluding carboxylic acids is 1. The van der Waals surface area contributed by atoms with Crippen molar-refractivity contribution < 1.29 is 17.9 Å². The number of hydrogen-bond acceptors (Lipinski definition) is 5. The average molecular weight is 396 g/mol. The van der Waals surface area contributed by atoms with E-state index in [2.05, 4.69) is 10.6 Å². The molecular formula is C19H29N3O4S. The molecule has 2 atom stereocenters. The highest BCUT2D eigenvalue weighted by molar-refractivity contribution is 7.89. The van der Waals surface area contributed by atoms with E-state index >= 15 is 0 Å². The maximum absolute atomic E-state index is 13.0. The summed E-state index contributed by atoms with van der Waals surface area (Å²) in [5, 5.41) is 6.62. The number of rotatable bonds is 8. The SMILES string of the molecule is COc1ccc(S(=O)(=O)N(C)C)cc1C(=O)NC(CC1CC1)C1CCCN1. The quantitative estimate of drug-likeness (QED) is 0.698. The molecule has 8 heteroatoms. The Kier molecular flexibility index (Phi) is 6.08. The third-order valence-electron chi connectivity index (χ3n) is 5.38. The summed E-state index contributed by atoms with van der Waals surface area (Å²) < 4.78 is 31.3. The maximum Gasteiger partial charge on any atom is 0.255 e. The Morgan fingerprint density at radius 3 is 2.63 bits per heavy atom. The van der Waals surface area contributed by atoms with Crippen molar-refractivity contribution >= 4 is 15.9 Å². The molecule has 2 unspecified atom stereocenters. The van der Waals surface area contributed by atoms with Gasteiger partial charge in [0.2, 0.25) is 10.0 Å². The first-order valence-electron chi connectivity index (χ1n) is 9.47. The van der Waals surface area contributed by atoms with Gasteiger partial charge in [-0.05, 0) is 49.9 Å². The molecule has 1 aromatic rings. The van der Waals surface area contributed by atoms with E-state index in [4.69, 9.17) is 4.74 Å². The van der Waals surface area contributed by atoms with Crippen LogP contribution in [0.1, 0.15) is 42.5 Å². The third-order valence-corrected chi connectivity index (χ3v) is 7.19. The van der Waals surface area contributed by atoms with Gasteiger partial charge in [0.15, 0.2) is 0 Å². The summed E-state index contributed by atoms with van der Waals surface area (Å²) in [6.07, 6.45) is 5.56. The summed E-state index contributed by atoms with van der Waals surface area (Å²) in [4.78, 5) is 13.1. The largest absolute Gasteiger partial charge is 0.496 e. The molecule has 1 aliphatic carbocycles. The van der Waals surface area contributed by atoms with E-state index in [0.717, 1.165) is 30.1 Å². The molecule has 2 N–H and O–H groups in total. The first-order chi connectivity index (χ1) is 12.8. The molecule has 1 saturated carbocycles. The van der Waals surface area contributed by atoms with Crippen molar-refractivity contribution in [3.8, 4) is 5.75 Å². The lowest BCUT2D eigenvalue weighted by Crippen LogP contribution is -2.47. The predicted molar refractivity (Wildman–Crippen MR) is 103 cm³/mol. The monoisotopic (exact) mass is 395 g/mol. The Labute approximate surface area is 161 Å². The van der Waals surface area contributed by atoms with Crippen LogP contribution in [0.3, 0.4) is 0 Å². The first kappa shape index (κ1) is 20.1. The molecule has 0 spiro atoms. The molecule has 1 amide bonds. The fourth-order valence-corrected chi connectivity index (χ4v) is 4.50. The van der Waals surface area contributed by atoms with Gasteiger partial charge in [-0.2, -0.15) is 0 Å². The van der Waals surface area contributed by atoms with Crippen LogP contribution in [0, 0.1) is 5.92 Å². The summed E-state index contributed by atoms with van der Waals surface area (Å²) in [6.45, 7) is 0.974. The lowest BCUT2D eigenvalue weighted by Gasteiger charge is -2.25. The molecule has 1 saturated heterocycles. The van der Waals surface area contributed by atoms with Crippen molar-refractivity contribution in [1.29, 1.82) is 0 Å². The van der Waals surface area contributed by atoms with Crippen LogP contribution in [-0.4, -0.2) is 58.5 Å². The van der Waals surface area contributed by atoms with Gasteiger partial charge in [-0.25, -0.2) is 12.7 Å². The van der Waals surface area contributed by atoms with Gasteiger partial charge < -0.3 is 15.4 Å². The molecule has 0 radical (unpaired) electrons. The topological polar surface area (TPSA) is 87.7 Å². The number of nitrogens with zero attached hydrogens (tertiary/aromatic N) is 1. The Morgan fingerprint density at radius 1 is 1.33 bits per heavy atom. The van der Waals surface area contributed by atoms with Gasteiger partial charge in [-0.15, -0.1) is 0 Å². The van der Waals surface area contributed by atoms with Crippen LogP contribution in [0.5, 0.6) is 5.75 Å². The highest BCUT2D eigenvalue weighted by Gasteiger charge is 2.33. The summed E-state index contributed by atoms with van der Waals surface area (Å²) in [5.41, 5.74) is 0.249. The van der Waals surface area contributed by atoms with E-state index in [1.807, 2.05) is 0 Å². The second-order valence-electron chi connectivity index (χ2n) is 7.61. The molecular weight excluding hydrogens is 366 g/mol. The van der Waals surface area contributed by atoms with Crippen molar-refractivity contribution in [2.75, 3.05) is 27.7 Å². The number of benzene rings is 1. The van der Waals surface area contributed by atoms with Crippen molar-refractivity contribution in [2.45, 2.75) is 49.1 Å². The summed E-state index contributed by atoms with van der Waals surface area (Å²) in [7, 11) is 0.791. The standard InChI is InChI=1S/C19H29N3O4S/c1-22(2)27(24,25)14-8-9-18(26-3)15(12-14)19(23)21-17(11-13-6-7-13)16-5-4-10-20-16/h8-9,12-13,16-17,20H,4-7,10-11H2,1-3H3,(H,21,23). The van der Waals surface area contributed by atoms with Gasteiger partial charge in [-0.1, -0.05) is 12.8 Å². The number of amides is 1. The molecule has 2 fully saturated rings. The van der Waals surface area contributed by atoms with Crippen LogP contribution in [0.2, 0.25) is 0 Å². The first-order valence-corrected chi connectivity index (χ1v) is 10.9. The molecule has 1 heterocycles. The van der Waals surface area contributed by atoms with Crippen LogP contribution in [0.25, 0.3) is 0 Å². The molecule has 2 aliphatic rings. The Hall–Kier alpha value is -1.64. The predicted octanol–water partition coefficient (Wildman–Crippen LogP) is 1.60. The van der Waals surface area contributed by atoms with Gasteiger partial charge in [0.05, 0.1) is 17.6 Å². The van der Waals surface area contributed by atoms with Crippen LogP contribution in [0.4, 0.5) is 0 Å². The fourth-order valence-electron chi connectivity index (χ4n) is 3.57. The van der Waals surface area contributed by atoms with Crippen molar-refractivity contribution in [2.24, 2.45) is 5.92 Å². The van der Waals surface area contributed by atoms with E-state index in [1.54, 1.807) is 0 Å². The molecule has 150 valence electrons. The van der Waals surface area contributed by atoms with Crippen molar-refractivity contribution in [1.82, 2.24) is 14.9 Å². The highest BCUT2D eigenvalue weighted by Crippen LogP contribution is 2.35. The van der Waals surface area contributed by atoms with Crippen LogP contribution >= 0.6 is 0 Å². The zero-order chi connectivity index (χ0) is 19.6. The summed E-state index contributed by atoms with van der Waals surface area (Å²) in [5.74, 6) is 0.761. The molecule has 7 nitrogen and oxygen atoms in total. The number of methoxy groups -OCH3 is 1. The molecule has 3 rings (SSSR count). The van der Waals surface area contributed by atoms with Gasteiger partial charge in [0.1, 0.15) is 5.75 Å². The van der Waals surface area contributed by atoms with E-state index < -0.39 is 10.0 Å². The molecule has 1 aliphatic heterocycles. The number of ether oxygens (including phenoxy) is 1. The lowest BCUT2D eigenvalue weighted by atomic mass is 9.99. The van der Waals surface area contributed by atoms with Crippen LogP contribution in [-0.2, 0) is 10.0 Å². The maximum atomic E-state index is 13.0. The van der Waals surface area contributed by atoms with Crippen LogP contribution in [0.15, 0.2) is 23.1 Å². The second kappa shape index (κ2) is 8.16. The Balaban J connectivity index is 1.85. The lowest BCUT2D eigenvalue weighted by molar-refractivity contribution is 0.0921. The summed E-state index contributed by atoms with van der Waals surface area (Å²) >= 11 is 0. The normalized spacial score (nSPS) is 21.3. The summed E-state index contributed by atoms with van der Waals surface area (Å²) in [6, 6.07) is 4.72. The average Bonchev–Trinajstić information content (AvgIpc) is 3.29. The third kappa shape index (κ3) is 4.62. The highest BCUT2D eigenvalue weighted by atomic mass is 32.2. The minimum Gasteiger partial charge on any atom is -0.496 e. The minimum absolute atomic E-state index is 0.0475. The van der Waals surface area contributed by atoms with Crippen molar-refractivity contribution in [3.05, 3.63) is 23.8 Å². The smallest absolute Gasteiger partial charge is 0.255 e. The van der Waals surface area contributed by atoms with E-state index in [9.17, 15) is 13.2 Å². The molecule has 0 bridgehead atoms. The van der Waals surface area contributed by atoms with Gasteiger partial charge in [0, 0.05) is 26.2 Å². The molecule has 1 aromatic carbocycles. The van der Waals surface area contributed by atoms with Crippen LogP contribution < -0.4 is 15.4 Å². The number of nitrogens with one attached hydrogen (secondary N) is 2. The fraction of sp³-hybridized carbons (Fsp3) is 0.632. The van der Waals surface area contributed by atoms with Gasteiger partial charge in [0.25, 0.3) is 5.91 Å². The molecule has 0 aromatic heterocycles. The number of sulfonamides is 1. The van der Waals surface area contributed by atoms with E-state index in [-0.39, 0.29) is 28.4 Å². The Bertz CT molecular complexity index is 784.